The topological polar surface area (TPSA) is 140 Å². The molecule has 4 atom stereocenters. The largest absolute Gasteiger partial charge is 0.491 e. The van der Waals surface area contributed by atoms with Crippen LogP contribution in [0.2, 0.25) is 0 Å². The molecular weight excluding hydrogens is 278 g/mol. The van der Waals surface area contributed by atoms with E-state index in [1.165, 1.54) is 6.92 Å². The second-order valence-corrected chi connectivity index (χ2v) is 5.09. The Morgan fingerprint density at radius 3 is 2.86 bits per heavy atom. The van der Waals surface area contributed by atoms with E-state index in [1.807, 2.05) is 0 Å². The summed E-state index contributed by atoms with van der Waals surface area (Å²) in [6.45, 7) is 1.43. The van der Waals surface area contributed by atoms with Gasteiger partial charge in [-0.3, -0.25) is 0 Å². The molecule has 1 saturated heterocycles. The standard InChI is InChI=1S/C13H19N3O5/c1-13(19)9(21-11(14)10(13)17)6-20-8-4-2-3-7(5-8)16-12(15)18/h2-5,9-11,17,19H,6,14H2,1H3,(H3,15,16,18)/t9-,10+,11-,13-/m1/s1. The summed E-state index contributed by atoms with van der Waals surface area (Å²) in [6.07, 6.45) is -2.92. The molecule has 7 N–H and O–H groups in total. The van der Waals surface area contributed by atoms with Crippen molar-refractivity contribution in [3.8, 4) is 5.75 Å². The highest BCUT2D eigenvalue weighted by atomic mass is 16.6. The lowest BCUT2D eigenvalue weighted by Crippen LogP contribution is -2.48. The van der Waals surface area contributed by atoms with Crippen LogP contribution < -0.4 is 21.5 Å². The molecule has 0 saturated carbocycles. The minimum absolute atomic E-state index is 0.00220. The average Bonchev–Trinajstić information content (AvgIpc) is 2.59. The summed E-state index contributed by atoms with van der Waals surface area (Å²) in [6, 6.07) is 5.90. The maximum atomic E-state index is 10.8. The molecule has 0 aromatic heterocycles. The molecule has 1 aliphatic rings. The van der Waals surface area contributed by atoms with E-state index in [2.05, 4.69) is 5.32 Å². The van der Waals surface area contributed by atoms with Gasteiger partial charge in [-0.15, -0.1) is 0 Å². The first-order chi connectivity index (χ1) is 9.80. The molecule has 1 aromatic rings. The van der Waals surface area contributed by atoms with Crippen molar-refractivity contribution in [1.82, 2.24) is 0 Å². The first kappa shape index (κ1) is 15.5. The Labute approximate surface area is 121 Å². The van der Waals surface area contributed by atoms with Crippen LogP contribution in [-0.2, 0) is 4.74 Å². The SMILES string of the molecule is C[C@@]1(O)[C@@H](COc2cccc(NC(N)=O)c2)O[C@@H](N)[C@@H]1O. The number of nitrogens with two attached hydrogens (primary N) is 2. The number of amides is 2. The number of anilines is 1. The first-order valence-electron chi connectivity index (χ1n) is 6.41. The first-order valence-corrected chi connectivity index (χ1v) is 6.41. The molecule has 0 aliphatic carbocycles. The van der Waals surface area contributed by atoms with Gasteiger partial charge in [0, 0.05) is 11.8 Å². The van der Waals surface area contributed by atoms with Gasteiger partial charge in [-0.2, -0.15) is 0 Å². The van der Waals surface area contributed by atoms with Crippen LogP contribution in [0.3, 0.4) is 0 Å². The van der Waals surface area contributed by atoms with Gasteiger partial charge in [-0.1, -0.05) is 6.07 Å². The van der Waals surface area contributed by atoms with Crippen LogP contribution in [0.15, 0.2) is 24.3 Å². The van der Waals surface area contributed by atoms with E-state index in [9.17, 15) is 15.0 Å². The number of ether oxygens (including phenoxy) is 2. The monoisotopic (exact) mass is 297 g/mol. The number of rotatable bonds is 4. The van der Waals surface area contributed by atoms with Crippen LogP contribution in [-0.4, -0.2) is 46.9 Å². The number of urea groups is 1. The van der Waals surface area contributed by atoms with Gasteiger partial charge in [0.05, 0.1) is 0 Å². The van der Waals surface area contributed by atoms with Crippen molar-refractivity contribution in [3.63, 3.8) is 0 Å². The minimum atomic E-state index is -1.50. The highest BCUT2D eigenvalue weighted by Gasteiger charge is 2.51. The van der Waals surface area contributed by atoms with Gasteiger partial charge in [0.1, 0.15) is 36.4 Å². The molecule has 2 rings (SSSR count). The van der Waals surface area contributed by atoms with Crippen molar-refractivity contribution in [2.45, 2.75) is 31.0 Å². The third kappa shape index (κ3) is 3.42. The van der Waals surface area contributed by atoms with Crippen molar-refractivity contribution < 1.29 is 24.5 Å². The van der Waals surface area contributed by atoms with Crippen LogP contribution >= 0.6 is 0 Å². The molecule has 8 nitrogen and oxygen atoms in total. The number of primary amides is 1. The van der Waals surface area contributed by atoms with Crippen molar-refractivity contribution >= 4 is 11.7 Å². The van der Waals surface area contributed by atoms with Crippen molar-refractivity contribution in [2.24, 2.45) is 11.5 Å². The lowest BCUT2D eigenvalue weighted by atomic mass is 9.95. The van der Waals surface area contributed by atoms with Gasteiger partial charge < -0.3 is 36.5 Å². The molecule has 0 spiro atoms. The van der Waals surface area contributed by atoms with Gasteiger partial charge in [0.2, 0.25) is 0 Å². The summed E-state index contributed by atoms with van der Waals surface area (Å²) in [5.41, 5.74) is 9.56. The maximum Gasteiger partial charge on any atom is 0.316 e. The van der Waals surface area contributed by atoms with Crippen molar-refractivity contribution in [3.05, 3.63) is 24.3 Å². The fraction of sp³-hybridized carbons (Fsp3) is 0.462. The van der Waals surface area contributed by atoms with E-state index in [4.69, 9.17) is 20.9 Å². The van der Waals surface area contributed by atoms with Gasteiger partial charge in [-0.05, 0) is 19.1 Å². The fourth-order valence-electron chi connectivity index (χ4n) is 2.11. The molecule has 2 amide bonds. The molecule has 116 valence electrons. The summed E-state index contributed by atoms with van der Waals surface area (Å²) in [4.78, 5) is 10.8. The van der Waals surface area contributed by atoms with Crippen LogP contribution in [0, 0.1) is 0 Å². The fourth-order valence-corrected chi connectivity index (χ4v) is 2.11. The Kier molecular flexibility index (Phi) is 4.33. The third-order valence-corrected chi connectivity index (χ3v) is 3.39. The number of aliphatic hydroxyl groups is 2. The zero-order valence-electron chi connectivity index (χ0n) is 11.5. The molecule has 1 fully saturated rings. The lowest BCUT2D eigenvalue weighted by molar-refractivity contribution is -0.0758. The van der Waals surface area contributed by atoms with E-state index < -0.39 is 30.1 Å². The Morgan fingerprint density at radius 1 is 1.57 bits per heavy atom. The predicted octanol–water partition coefficient (Wildman–Crippen LogP) is -0.648. The minimum Gasteiger partial charge on any atom is -0.491 e. The summed E-state index contributed by atoms with van der Waals surface area (Å²) in [5, 5.41) is 22.3. The summed E-state index contributed by atoms with van der Waals surface area (Å²) < 4.78 is 10.8. The predicted molar refractivity (Wildman–Crippen MR) is 74.6 cm³/mol. The molecule has 0 bridgehead atoms. The number of carbonyl (C=O) groups excluding carboxylic acids is 1. The van der Waals surface area contributed by atoms with E-state index in [0.29, 0.717) is 11.4 Å². The number of carbonyl (C=O) groups is 1. The molecule has 0 radical (unpaired) electrons. The smallest absolute Gasteiger partial charge is 0.316 e. The van der Waals surface area contributed by atoms with Gasteiger partial charge >= 0.3 is 6.03 Å². The summed E-state index contributed by atoms with van der Waals surface area (Å²) >= 11 is 0. The van der Waals surface area contributed by atoms with E-state index >= 15 is 0 Å². The van der Waals surface area contributed by atoms with E-state index in [0.717, 1.165) is 0 Å². The highest BCUT2D eigenvalue weighted by Crippen LogP contribution is 2.29. The highest BCUT2D eigenvalue weighted by molar-refractivity contribution is 5.87. The Bertz CT molecular complexity index is 522. The number of aliphatic hydroxyl groups excluding tert-OH is 1. The molecule has 21 heavy (non-hydrogen) atoms. The molecular formula is C13H19N3O5. The van der Waals surface area contributed by atoms with Gasteiger partial charge in [-0.25, -0.2) is 4.79 Å². The zero-order valence-corrected chi connectivity index (χ0v) is 11.5. The maximum absolute atomic E-state index is 10.8. The van der Waals surface area contributed by atoms with Crippen LogP contribution in [0.1, 0.15) is 6.92 Å². The summed E-state index contributed by atoms with van der Waals surface area (Å²) in [7, 11) is 0. The zero-order chi connectivity index (χ0) is 15.6. The number of nitrogens with one attached hydrogen (secondary N) is 1. The molecule has 1 aromatic carbocycles. The van der Waals surface area contributed by atoms with Crippen LogP contribution in [0.4, 0.5) is 10.5 Å². The Balaban J connectivity index is 1.99. The van der Waals surface area contributed by atoms with Gasteiger partial charge in [0.25, 0.3) is 0 Å². The molecule has 1 aliphatic heterocycles. The lowest BCUT2D eigenvalue weighted by Gasteiger charge is -2.26. The Morgan fingerprint density at radius 2 is 2.29 bits per heavy atom. The van der Waals surface area contributed by atoms with E-state index in [1.54, 1.807) is 24.3 Å². The second-order valence-electron chi connectivity index (χ2n) is 5.09. The van der Waals surface area contributed by atoms with Crippen LogP contribution in [0.5, 0.6) is 5.75 Å². The normalized spacial score (nSPS) is 31.9. The third-order valence-electron chi connectivity index (χ3n) is 3.39. The number of benzene rings is 1. The summed E-state index contributed by atoms with van der Waals surface area (Å²) in [5.74, 6) is 0.454. The van der Waals surface area contributed by atoms with Crippen LogP contribution in [0.25, 0.3) is 0 Å². The van der Waals surface area contributed by atoms with Gasteiger partial charge in [0.15, 0.2) is 0 Å². The quantitative estimate of drug-likeness (QED) is 0.500. The molecule has 1 heterocycles. The molecule has 8 heteroatoms. The molecule has 0 unspecified atom stereocenters. The number of hydrogen-bond acceptors (Lipinski definition) is 6. The number of hydrogen-bond donors (Lipinski definition) is 5. The van der Waals surface area contributed by atoms with Crippen molar-refractivity contribution in [2.75, 3.05) is 11.9 Å². The average molecular weight is 297 g/mol. The van der Waals surface area contributed by atoms with Crippen molar-refractivity contribution in [1.29, 1.82) is 0 Å². The van der Waals surface area contributed by atoms with E-state index in [-0.39, 0.29) is 6.61 Å². The second kappa shape index (κ2) is 5.86. The Hall–Kier alpha value is -1.87.